The molecule has 0 aliphatic rings. The van der Waals surface area contributed by atoms with Crippen LogP contribution in [-0.2, 0) is 4.84 Å². The van der Waals surface area contributed by atoms with E-state index >= 15 is 0 Å². The van der Waals surface area contributed by atoms with Gasteiger partial charge >= 0.3 is 6.09 Å². The van der Waals surface area contributed by atoms with Crippen molar-refractivity contribution < 1.29 is 23.9 Å². The highest BCUT2D eigenvalue weighted by atomic mass is 19.1. The number of hydrogen-bond acceptors (Lipinski definition) is 4. The van der Waals surface area contributed by atoms with Crippen LogP contribution in [0.15, 0.2) is 12.1 Å². The number of carboxylic acid groups (broad SMARTS) is 1. The zero-order valence-electron chi connectivity index (χ0n) is 9.10. The Balaban J connectivity index is 3.06. The molecule has 0 aliphatic carbocycles. The Morgan fingerprint density at radius 3 is 2.71 bits per heavy atom. The SMILES string of the molecule is CON(C)C(=O)c1nc(NC(=O)O)ccc1F. The van der Waals surface area contributed by atoms with Crippen molar-refractivity contribution in [3.05, 3.63) is 23.6 Å². The molecular weight excluding hydrogens is 233 g/mol. The number of amides is 2. The van der Waals surface area contributed by atoms with Crippen molar-refractivity contribution >= 4 is 17.8 Å². The number of anilines is 1. The highest BCUT2D eigenvalue weighted by Crippen LogP contribution is 2.11. The maximum Gasteiger partial charge on any atom is 0.410 e. The minimum atomic E-state index is -1.36. The molecule has 0 aliphatic heterocycles. The Morgan fingerprint density at radius 1 is 1.53 bits per heavy atom. The fourth-order valence-electron chi connectivity index (χ4n) is 1.00. The van der Waals surface area contributed by atoms with Crippen LogP contribution in [0.4, 0.5) is 15.0 Å². The molecule has 0 saturated heterocycles. The summed E-state index contributed by atoms with van der Waals surface area (Å²) in [6.45, 7) is 0. The zero-order chi connectivity index (χ0) is 13.0. The predicted octanol–water partition coefficient (Wildman–Crippen LogP) is 0.944. The molecule has 0 fully saturated rings. The Kier molecular flexibility index (Phi) is 3.94. The maximum absolute atomic E-state index is 13.3. The molecule has 7 nitrogen and oxygen atoms in total. The topological polar surface area (TPSA) is 91.8 Å². The number of rotatable bonds is 3. The first-order chi connectivity index (χ1) is 7.95. The fourth-order valence-corrected chi connectivity index (χ4v) is 1.00. The van der Waals surface area contributed by atoms with Gasteiger partial charge in [-0.05, 0) is 12.1 Å². The second kappa shape index (κ2) is 5.21. The Hall–Kier alpha value is -2.22. The molecule has 0 aromatic carbocycles. The van der Waals surface area contributed by atoms with Crippen molar-refractivity contribution in [3.63, 3.8) is 0 Å². The van der Waals surface area contributed by atoms with Crippen LogP contribution >= 0.6 is 0 Å². The second-order valence-corrected chi connectivity index (χ2v) is 2.94. The number of nitrogens with zero attached hydrogens (tertiary/aromatic N) is 2. The molecule has 92 valence electrons. The molecular formula is C9H10FN3O4. The van der Waals surface area contributed by atoms with Gasteiger partial charge < -0.3 is 5.11 Å². The van der Waals surface area contributed by atoms with Crippen LogP contribution < -0.4 is 5.32 Å². The van der Waals surface area contributed by atoms with Gasteiger partial charge in [0, 0.05) is 7.05 Å². The molecule has 1 aromatic rings. The summed E-state index contributed by atoms with van der Waals surface area (Å²) in [5, 5.41) is 11.1. The van der Waals surface area contributed by atoms with Gasteiger partial charge in [0.25, 0.3) is 5.91 Å². The lowest BCUT2D eigenvalue weighted by atomic mass is 10.3. The minimum absolute atomic E-state index is 0.147. The van der Waals surface area contributed by atoms with Crippen LogP contribution in [0.2, 0.25) is 0 Å². The molecule has 0 bridgehead atoms. The number of carbonyl (C=O) groups excluding carboxylic acids is 1. The Bertz CT molecular complexity index is 452. The Labute approximate surface area is 95.8 Å². The number of pyridine rings is 1. The molecule has 1 aromatic heterocycles. The summed E-state index contributed by atoms with van der Waals surface area (Å²) in [7, 11) is 2.51. The number of hydroxylamine groups is 2. The first-order valence-corrected chi connectivity index (χ1v) is 4.44. The van der Waals surface area contributed by atoms with E-state index in [-0.39, 0.29) is 5.82 Å². The molecule has 0 radical (unpaired) electrons. The van der Waals surface area contributed by atoms with Crippen molar-refractivity contribution in [2.75, 3.05) is 19.5 Å². The standard InChI is InChI=1S/C9H10FN3O4/c1-13(17-2)8(14)7-5(10)3-4-6(11-7)12-9(15)16/h3-4H,1-2H3,(H,11,12)(H,15,16). The summed E-state index contributed by atoms with van der Waals surface area (Å²) in [5.74, 6) is -1.83. The molecule has 0 atom stereocenters. The van der Waals surface area contributed by atoms with Crippen LogP contribution in [-0.4, -0.2) is 41.3 Å². The van der Waals surface area contributed by atoms with E-state index in [2.05, 4.69) is 9.82 Å². The summed E-state index contributed by atoms with van der Waals surface area (Å²) < 4.78 is 13.3. The van der Waals surface area contributed by atoms with Gasteiger partial charge in [-0.3, -0.25) is 14.9 Å². The van der Waals surface area contributed by atoms with Gasteiger partial charge in [-0.25, -0.2) is 19.2 Å². The van der Waals surface area contributed by atoms with Crippen LogP contribution in [0, 0.1) is 5.82 Å². The van der Waals surface area contributed by atoms with Gasteiger partial charge in [-0.1, -0.05) is 0 Å². The van der Waals surface area contributed by atoms with Gasteiger partial charge in [0.05, 0.1) is 7.11 Å². The first-order valence-electron chi connectivity index (χ1n) is 4.44. The zero-order valence-corrected chi connectivity index (χ0v) is 9.10. The molecule has 0 spiro atoms. The summed E-state index contributed by atoms with van der Waals surface area (Å²) in [6, 6.07) is 2.04. The number of hydrogen-bond donors (Lipinski definition) is 2. The van der Waals surface area contributed by atoms with Crippen molar-refractivity contribution in [3.8, 4) is 0 Å². The lowest BCUT2D eigenvalue weighted by molar-refractivity contribution is -0.0763. The van der Waals surface area contributed by atoms with Gasteiger partial charge in [0.1, 0.15) is 5.82 Å². The summed E-state index contributed by atoms with van der Waals surface area (Å²) in [5.41, 5.74) is -0.527. The number of carbonyl (C=O) groups is 2. The third-order valence-corrected chi connectivity index (χ3v) is 1.84. The predicted molar refractivity (Wildman–Crippen MR) is 54.9 cm³/mol. The van der Waals surface area contributed by atoms with Crippen LogP contribution in [0.5, 0.6) is 0 Å². The third kappa shape index (κ3) is 3.11. The van der Waals surface area contributed by atoms with Crippen molar-refractivity contribution in [2.45, 2.75) is 0 Å². The lowest BCUT2D eigenvalue weighted by Crippen LogP contribution is -2.27. The number of nitrogens with one attached hydrogen (secondary N) is 1. The third-order valence-electron chi connectivity index (χ3n) is 1.84. The summed E-state index contributed by atoms with van der Waals surface area (Å²) in [4.78, 5) is 30.0. The fraction of sp³-hybridized carbons (Fsp3) is 0.222. The number of halogens is 1. The highest BCUT2D eigenvalue weighted by Gasteiger charge is 2.19. The smallest absolute Gasteiger partial charge is 0.410 e. The highest BCUT2D eigenvalue weighted by molar-refractivity contribution is 5.92. The van der Waals surface area contributed by atoms with E-state index in [0.29, 0.717) is 0 Å². The maximum atomic E-state index is 13.3. The summed E-state index contributed by atoms with van der Waals surface area (Å²) >= 11 is 0. The molecule has 8 heteroatoms. The van der Waals surface area contributed by atoms with E-state index in [1.54, 1.807) is 0 Å². The van der Waals surface area contributed by atoms with E-state index in [4.69, 9.17) is 5.11 Å². The van der Waals surface area contributed by atoms with Gasteiger partial charge in [-0.15, -0.1) is 0 Å². The minimum Gasteiger partial charge on any atom is -0.465 e. The van der Waals surface area contributed by atoms with E-state index in [1.165, 1.54) is 14.2 Å². The van der Waals surface area contributed by atoms with Crippen LogP contribution in [0.3, 0.4) is 0 Å². The van der Waals surface area contributed by atoms with Crippen molar-refractivity contribution in [1.29, 1.82) is 0 Å². The molecule has 0 saturated carbocycles. The monoisotopic (exact) mass is 243 g/mol. The molecule has 17 heavy (non-hydrogen) atoms. The van der Waals surface area contributed by atoms with E-state index in [9.17, 15) is 14.0 Å². The Morgan fingerprint density at radius 2 is 2.18 bits per heavy atom. The van der Waals surface area contributed by atoms with Gasteiger partial charge in [0.2, 0.25) is 0 Å². The molecule has 2 amide bonds. The lowest BCUT2D eigenvalue weighted by Gasteiger charge is -2.13. The first kappa shape index (κ1) is 12.8. The molecule has 2 N–H and O–H groups in total. The van der Waals surface area contributed by atoms with Crippen LogP contribution in [0.1, 0.15) is 10.5 Å². The summed E-state index contributed by atoms with van der Waals surface area (Å²) in [6.07, 6.45) is -1.36. The van der Waals surface area contributed by atoms with Crippen LogP contribution in [0.25, 0.3) is 0 Å². The molecule has 1 heterocycles. The normalized spacial score (nSPS) is 9.82. The van der Waals surface area contributed by atoms with E-state index in [0.717, 1.165) is 17.2 Å². The average Bonchev–Trinajstić information content (AvgIpc) is 2.29. The van der Waals surface area contributed by atoms with E-state index in [1.807, 2.05) is 5.32 Å². The number of aromatic nitrogens is 1. The second-order valence-electron chi connectivity index (χ2n) is 2.94. The van der Waals surface area contributed by atoms with Gasteiger partial charge in [-0.2, -0.15) is 0 Å². The molecule has 0 unspecified atom stereocenters. The average molecular weight is 243 g/mol. The molecule has 1 rings (SSSR count). The van der Waals surface area contributed by atoms with E-state index < -0.39 is 23.5 Å². The van der Waals surface area contributed by atoms with Gasteiger partial charge in [0.15, 0.2) is 11.5 Å². The largest absolute Gasteiger partial charge is 0.465 e. The quantitative estimate of drug-likeness (QED) is 0.771. The van der Waals surface area contributed by atoms with Crippen molar-refractivity contribution in [1.82, 2.24) is 10.0 Å². The van der Waals surface area contributed by atoms with Crippen molar-refractivity contribution in [2.24, 2.45) is 0 Å².